The summed E-state index contributed by atoms with van der Waals surface area (Å²) >= 11 is 7.61. The van der Waals surface area contributed by atoms with E-state index in [9.17, 15) is 4.79 Å². The number of halogens is 1. The summed E-state index contributed by atoms with van der Waals surface area (Å²) in [6.07, 6.45) is 5.30. The third kappa shape index (κ3) is 4.99. The Kier molecular flexibility index (Phi) is 6.17. The van der Waals surface area contributed by atoms with Gasteiger partial charge in [-0.1, -0.05) is 29.8 Å². The van der Waals surface area contributed by atoms with E-state index in [0.717, 1.165) is 53.2 Å². The van der Waals surface area contributed by atoms with Crippen LogP contribution in [0.5, 0.6) is 0 Å². The average molecular weight is 426 g/mol. The zero-order chi connectivity index (χ0) is 20.1. The fourth-order valence-electron chi connectivity index (χ4n) is 3.04. The molecule has 0 spiro atoms. The molecule has 0 bridgehead atoms. The van der Waals surface area contributed by atoms with Crippen LogP contribution in [0.1, 0.15) is 39.9 Å². The molecule has 0 saturated heterocycles. The Morgan fingerprint density at radius 1 is 1.07 bits per heavy atom. The molecule has 1 aromatic carbocycles. The molecule has 4 aromatic rings. The van der Waals surface area contributed by atoms with Crippen molar-refractivity contribution in [3.8, 4) is 0 Å². The molecule has 0 radical (unpaired) electrons. The van der Waals surface area contributed by atoms with Crippen LogP contribution >= 0.6 is 22.9 Å². The molecule has 8 heteroatoms. The van der Waals surface area contributed by atoms with Gasteiger partial charge < -0.3 is 10.3 Å². The largest absolute Gasteiger partial charge is 0.345 e. The number of aryl methyl sites for hydroxylation is 2. The Balaban J connectivity index is 1.27. The topological polar surface area (TPSA) is 83.6 Å². The second kappa shape index (κ2) is 9.15. The Morgan fingerprint density at radius 3 is 2.72 bits per heavy atom. The number of amides is 1. The molecule has 0 fully saturated rings. The summed E-state index contributed by atoms with van der Waals surface area (Å²) in [4.78, 5) is 28.9. The Morgan fingerprint density at radius 2 is 1.90 bits per heavy atom. The minimum atomic E-state index is -0.273. The lowest BCUT2D eigenvalue weighted by molar-refractivity contribution is 0.0946. The Bertz CT molecular complexity index is 1080. The molecule has 6 nitrogen and oxygen atoms in total. The molecular formula is C21H20ClN5OS. The van der Waals surface area contributed by atoms with Crippen LogP contribution < -0.4 is 5.32 Å². The van der Waals surface area contributed by atoms with E-state index in [-0.39, 0.29) is 5.91 Å². The van der Waals surface area contributed by atoms with Crippen LogP contribution in [0.2, 0.25) is 4.34 Å². The summed E-state index contributed by atoms with van der Waals surface area (Å²) in [6.45, 7) is 0.348. The number of H-pyrrole nitrogens is 1. The van der Waals surface area contributed by atoms with Crippen LogP contribution in [0.25, 0.3) is 11.0 Å². The maximum atomic E-state index is 12.4. The maximum Gasteiger partial charge on any atom is 0.272 e. The molecule has 3 heterocycles. The molecule has 3 aromatic heterocycles. The first-order valence-electron chi connectivity index (χ1n) is 9.46. The SMILES string of the molecule is O=C(NCc1ccccn1)c1nc(CCCCc2nc3ccccc3[nH]2)sc1Cl. The summed E-state index contributed by atoms with van der Waals surface area (Å²) in [5.74, 6) is 0.725. The van der Waals surface area contributed by atoms with Crippen LogP contribution in [0, 0.1) is 0 Å². The molecule has 2 N–H and O–H groups in total. The van der Waals surface area contributed by atoms with Gasteiger partial charge in [0.2, 0.25) is 0 Å². The first-order valence-corrected chi connectivity index (χ1v) is 10.7. The highest BCUT2D eigenvalue weighted by molar-refractivity contribution is 7.16. The van der Waals surface area contributed by atoms with Gasteiger partial charge in [0.15, 0.2) is 5.69 Å². The number of fused-ring (bicyclic) bond motifs is 1. The van der Waals surface area contributed by atoms with E-state index in [0.29, 0.717) is 16.6 Å². The predicted octanol–water partition coefficient (Wildman–Crippen LogP) is 4.56. The molecule has 0 unspecified atom stereocenters. The van der Waals surface area contributed by atoms with Gasteiger partial charge in [-0.05, 0) is 43.5 Å². The summed E-state index contributed by atoms with van der Waals surface area (Å²) < 4.78 is 0.427. The minimum Gasteiger partial charge on any atom is -0.345 e. The number of thiazole rings is 1. The number of rotatable bonds is 8. The van der Waals surface area contributed by atoms with Crippen molar-refractivity contribution >= 4 is 39.9 Å². The number of aromatic amines is 1. The van der Waals surface area contributed by atoms with Crippen molar-refractivity contribution in [3.63, 3.8) is 0 Å². The zero-order valence-electron chi connectivity index (χ0n) is 15.7. The number of para-hydroxylation sites is 2. The van der Waals surface area contributed by atoms with Crippen molar-refractivity contribution in [2.24, 2.45) is 0 Å². The monoisotopic (exact) mass is 425 g/mol. The number of nitrogens with one attached hydrogen (secondary N) is 2. The van der Waals surface area contributed by atoms with Crippen molar-refractivity contribution in [1.82, 2.24) is 25.3 Å². The third-order valence-electron chi connectivity index (χ3n) is 4.49. The van der Waals surface area contributed by atoms with Crippen LogP contribution in [0.15, 0.2) is 48.7 Å². The van der Waals surface area contributed by atoms with Gasteiger partial charge in [-0.3, -0.25) is 9.78 Å². The molecule has 0 aliphatic heterocycles. The lowest BCUT2D eigenvalue weighted by atomic mass is 10.2. The lowest BCUT2D eigenvalue weighted by Gasteiger charge is -2.02. The van der Waals surface area contributed by atoms with Gasteiger partial charge in [-0.2, -0.15) is 0 Å². The van der Waals surface area contributed by atoms with E-state index in [1.807, 2.05) is 42.5 Å². The van der Waals surface area contributed by atoms with E-state index in [1.165, 1.54) is 11.3 Å². The number of pyridine rings is 1. The van der Waals surface area contributed by atoms with Gasteiger partial charge in [-0.15, -0.1) is 11.3 Å². The van der Waals surface area contributed by atoms with Gasteiger partial charge in [0.25, 0.3) is 5.91 Å². The predicted molar refractivity (Wildman–Crippen MR) is 115 cm³/mol. The van der Waals surface area contributed by atoms with E-state index in [2.05, 4.69) is 25.3 Å². The van der Waals surface area contributed by atoms with Gasteiger partial charge >= 0.3 is 0 Å². The number of benzene rings is 1. The first-order chi connectivity index (χ1) is 14.2. The third-order valence-corrected chi connectivity index (χ3v) is 5.81. The zero-order valence-corrected chi connectivity index (χ0v) is 17.3. The molecular weight excluding hydrogens is 406 g/mol. The fourth-order valence-corrected chi connectivity index (χ4v) is 4.26. The van der Waals surface area contributed by atoms with Crippen molar-refractivity contribution in [2.75, 3.05) is 0 Å². The quantitative estimate of drug-likeness (QED) is 0.405. The highest BCUT2D eigenvalue weighted by Crippen LogP contribution is 2.25. The van der Waals surface area contributed by atoms with Crippen LogP contribution in [-0.4, -0.2) is 25.8 Å². The highest BCUT2D eigenvalue weighted by Gasteiger charge is 2.16. The van der Waals surface area contributed by atoms with Gasteiger partial charge in [-0.25, -0.2) is 9.97 Å². The second-order valence-electron chi connectivity index (χ2n) is 6.64. The Hall–Kier alpha value is -2.77. The van der Waals surface area contributed by atoms with Crippen LogP contribution in [0.4, 0.5) is 0 Å². The van der Waals surface area contributed by atoms with E-state index in [4.69, 9.17) is 11.6 Å². The molecule has 148 valence electrons. The van der Waals surface area contributed by atoms with Crippen LogP contribution in [-0.2, 0) is 19.4 Å². The number of carbonyl (C=O) groups is 1. The fraction of sp³-hybridized carbons (Fsp3) is 0.238. The van der Waals surface area contributed by atoms with Crippen molar-refractivity contribution in [3.05, 3.63) is 75.2 Å². The van der Waals surface area contributed by atoms with E-state index in [1.54, 1.807) is 6.20 Å². The number of carbonyl (C=O) groups excluding carboxylic acids is 1. The van der Waals surface area contributed by atoms with Crippen LogP contribution in [0.3, 0.4) is 0 Å². The number of hydrogen-bond acceptors (Lipinski definition) is 5. The van der Waals surface area contributed by atoms with Gasteiger partial charge in [0, 0.05) is 12.6 Å². The molecule has 4 rings (SSSR count). The Labute approximate surface area is 177 Å². The lowest BCUT2D eigenvalue weighted by Crippen LogP contribution is -2.23. The molecule has 0 atom stereocenters. The standard InChI is InChI=1S/C21H20ClN5OS/c22-20-19(21(28)24-13-14-7-5-6-12-23-14)27-18(29-20)11-4-3-10-17-25-15-8-1-2-9-16(15)26-17/h1-2,5-9,12H,3-4,10-11,13H2,(H,24,28)(H,25,26). The molecule has 29 heavy (non-hydrogen) atoms. The summed E-state index contributed by atoms with van der Waals surface area (Å²) in [6, 6.07) is 13.6. The smallest absolute Gasteiger partial charge is 0.272 e. The molecule has 0 saturated carbocycles. The minimum absolute atomic E-state index is 0.273. The maximum absolute atomic E-state index is 12.4. The van der Waals surface area contributed by atoms with Crippen molar-refractivity contribution in [1.29, 1.82) is 0 Å². The highest BCUT2D eigenvalue weighted by atomic mass is 35.5. The number of aromatic nitrogens is 4. The van der Waals surface area contributed by atoms with Gasteiger partial charge in [0.1, 0.15) is 10.2 Å². The normalized spacial score (nSPS) is 11.1. The van der Waals surface area contributed by atoms with E-state index >= 15 is 0 Å². The molecule has 0 aliphatic carbocycles. The first kappa shape index (κ1) is 19.5. The van der Waals surface area contributed by atoms with Gasteiger partial charge in [0.05, 0.1) is 28.3 Å². The number of nitrogens with zero attached hydrogens (tertiary/aromatic N) is 3. The number of unbranched alkanes of at least 4 members (excludes halogenated alkanes) is 1. The second-order valence-corrected chi connectivity index (χ2v) is 8.33. The molecule has 0 aliphatic rings. The summed E-state index contributed by atoms with van der Waals surface area (Å²) in [7, 11) is 0. The average Bonchev–Trinajstić information content (AvgIpc) is 3.33. The van der Waals surface area contributed by atoms with Crippen molar-refractivity contribution < 1.29 is 4.79 Å². The summed E-state index contributed by atoms with van der Waals surface area (Å²) in [5, 5.41) is 3.69. The molecule has 1 amide bonds. The number of hydrogen-bond donors (Lipinski definition) is 2. The number of imidazole rings is 1. The summed E-state index contributed by atoms with van der Waals surface area (Å²) in [5.41, 5.74) is 3.14. The van der Waals surface area contributed by atoms with Crippen molar-refractivity contribution in [2.45, 2.75) is 32.2 Å². The van der Waals surface area contributed by atoms with E-state index < -0.39 is 0 Å².